The fraction of sp³-hybridized carbons (Fsp3) is 0.462. The normalized spacial score (nSPS) is 18.1. The summed E-state index contributed by atoms with van der Waals surface area (Å²) in [6, 6.07) is 6.26. The van der Waals surface area contributed by atoms with Gasteiger partial charge in [0.25, 0.3) is 0 Å². The number of halogens is 1. The highest BCUT2D eigenvalue weighted by molar-refractivity contribution is 9.10. The molecule has 1 fully saturated rings. The van der Waals surface area contributed by atoms with Gasteiger partial charge in [-0.3, -0.25) is 4.40 Å². The number of aromatic nitrogens is 2. The van der Waals surface area contributed by atoms with Crippen molar-refractivity contribution in [3.8, 4) is 0 Å². The van der Waals surface area contributed by atoms with Crippen molar-refractivity contribution in [2.45, 2.75) is 38.0 Å². The average molecular weight is 279 g/mol. The molecule has 0 radical (unpaired) electrons. The molecule has 1 saturated carbocycles. The van der Waals surface area contributed by atoms with Crippen LogP contribution in [0.4, 0.5) is 0 Å². The summed E-state index contributed by atoms with van der Waals surface area (Å²) < 4.78 is 3.36. The Morgan fingerprint density at radius 2 is 2.00 bits per heavy atom. The maximum atomic E-state index is 4.61. The zero-order chi connectivity index (χ0) is 11.0. The first-order valence-corrected chi connectivity index (χ1v) is 6.77. The summed E-state index contributed by atoms with van der Waals surface area (Å²) in [5, 5.41) is 0. The Bertz CT molecular complexity index is 498. The van der Waals surface area contributed by atoms with Gasteiger partial charge in [0, 0.05) is 5.92 Å². The number of hydrogen-bond donors (Lipinski definition) is 0. The molecule has 2 aromatic rings. The lowest BCUT2D eigenvalue weighted by atomic mass is 9.89. The molecule has 3 heteroatoms. The summed E-state index contributed by atoms with van der Waals surface area (Å²) in [5.41, 5.74) is 1.19. The Morgan fingerprint density at radius 3 is 2.81 bits per heavy atom. The van der Waals surface area contributed by atoms with E-state index in [4.69, 9.17) is 0 Å². The van der Waals surface area contributed by atoms with Crippen LogP contribution in [0.3, 0.4) is 0 Å². The van der Waals surface area contributed by atoms with Crippen LogP contribution in [0.1, 0.15) is 43.8 Å². The number of nitrogens with zero attached hydrogens (tertiary/aromatic N) is 2. The maximum Gasteiger partial charge on any atom is 0.117 e. The predicted molar refractivity (Wildman–Crippen MR) is 68.7 cm³/mol. The Labute approximate surface area is 104 Å². The molecule has 16 heavy (non-hydrogen) atoms. The molecule has 0 aromatic carbocycles. The van der Waals surface area contributed by atoms with Gasteiger partial charge in [-0.1, -0.05) is 25.3 Å². The van der Waals surface area contributed by atoms with Crippen molar-refractivity contribution in [2.75, 3.05) is 0 Å². The summed E-state index contributed by atoms with van der Waals surface area (Å²) in [5.74, 6) is 1.89. The van der Waals surface area contributed by atoms with E-state index in [9.17, 15) is 0 Å². The number of hydrogen-bond acceptors (Lipinski definition) is 1. The third-order valence-electron chi connectivity index (χ3n) is 3.50. The zero-order valence-electron chi connectivity index (χ0n) is 9.19. The van der Waals surface area contributed by atoms with Crippen molar-refractivity contribution in [3.05, 3.63) is 34.8 Å². The summed E-state index contributed by atoms with van der Waals surface area (Å²) in [6.07, 6.45) is 8.66. The molecule has 0 bridgehead atoms. The first-order valence-electron chi connectivity index (χ1n) is 5.98. The van der Waals surface area contributed by atoms with Crippen molar-refractivity contribution < 1.29 is 0 Å². The van der Waals surface area contributed by atoms with Crippen LogP contribution < -0.4 is 0 Å². The molecule has 2 aromatic heterocycles. The van der Waals surface area contributed by atoms with Gasteiger partial charge in [-0.2, -0.15) is 0 Å². The molecule has 0 spiro atoms. The van der Waals surface area contributed by atoms with Crippen LogP contribution in [0.5, 0.6) is 0 Å². The minimum atomic E-state index is 0.648. The van der Waals surface area contributed by atoms with E-state index < -0.39 is 0 Å². The molecule has 1 aliphatic rings. The van der Waals surface area contributed by atoms with Gasteiger partial charge in [0.05, 0.1) is 16.3 Å². The van der Waals surface area contributed by atoms with Crippen LogP contribution in [0.2, 0.25) is 0 Å². The molecule has 0 N–H and O–H groups in total. The molecular weight excluding hydrogens is 264 g/mol. The minimum Gasteiger partial charge on any atom is -0.290 e. The Morgan fingerprint density at radius 1 is 1.19 bits per heavy atom. The number of fused-ring (bicyclic) bond motifs is 1. The number of pyridine rings is 1. The highest BCUT2D eigenvalue weighted by Crippen LogP contribution is 2.33. The predicted octanol–water partition coefficient (Wildman–Crippen LogP) is 4.14. The van der Waals surface area contributed by atoms with E-state index in [1.807, 2.05) is 6.20 Å². The largest absolute Gasteiger partial charge is 0.290 e. The van der Waals surface area contributed by atoms with E-state index in [-0.39, 0.29) is 0 Å². The molecule has 3 rings (SSSR count). The van der Waals surface area contributed by atoms with Crippen LogP contribution in [0.15, 0.2) is 29.0 Å². The van der Waals surface area contributed by atoms with Gasteiger partial charge >= 0.3 is 0 Å². The highest BCUT2D eigenvalue weighted by Gasteiger charge is 2.20. The van der Waals surface area contributed by atoms with E-state index in [2.05, 4.69) is 43.5 Å². The van der Waals surface area contributed by atoms with Crippen molar-refractivity contribution in [2.24, 2.45) is 0 Å². The highest BCUT2D eigenvalue weighted by atomic mass is 79.9. The Balaban J connectivity index is 2.09. The van der Waals surface area contributed by atoms with E-state index in [1.165, 1.54) is 43.4 Å². The van der Waals surface area contributed by atoms with Gasteiger partial charge in [-0.05, 0) is 40.9 Å². The van der Waals surface area contributed by atoms with Gasteiger partial charge in [-0.25, -0.2) is 4.98 Å². The molecule has 2 nitrogen and oxygen atoms in total. The smallest absolute Gasteiger partial charge is 0.117 e. The molecule has 0 aliphatic heterocycles. The fourth-order valence-electron chi connectivity index (χ4n) is 2.68. The van der Waals surface area contributed by atoms with Crippen LogP contribution in [-0.2, 0) is 0 Å². The Hall–Kier alpha value is -0.830. The van der Waals surface area contributed by atoms with Crippen molar-refractivity contribution in [1.29, 1.82) is 0 Å². The fourth-order valence-corrected chi connectivity index (χ4v) is 3.22. The third kappa shape index (κ3) is 1.67. The second-order valence-corrected chi connectivity index (χ2v) is 5.37. The summed E-state index contributed by atoms with van der Waals surface area (Å²) in [6.45, 7) is 0. The molecular formula is C13H15BrN2. The Kier molecular flexibility index (Phi) is 2.72. The molecule has 0 saturated heterocycles. The second kappa shape index (κ2) is 4.21. The second-order valence-electron chi connectivity index (χ2n) is 4.56. The van der Waals surface area contributed by atoms with Crippen LogP contribution >= 0.6 is 15.9 Å². The van der Waals surface area contributed by atoms with E-state index in [0.29, 0.717) is 5.92 Å². The molecule has 0 atom stereocenters. The standard InChI is InChI=1S/C13H15BrN2/c14-12-8-4-7-11-9-15-13(16(11)12)10-5-2-1-3-6-10/h4,7-10H,1-3,5-6H2. The molecule has 1 aliphatic carbocycles. The lowest BCUT2D eigenvalue weighted by Crippen LogP contribution is -2.09. The number of rotatable bonds is 1. The maximum absolute atomic E-state index is 4.61. The van der Waals surface area contributed by atoms with Crippen LogP contribution in [0, 0.1) is 0 Å². The van der Waals surface area contributed by atoms with Gasteiger partial charge in [0.2, 0.25) is 0 Å². The van der Waals surface area contributed by atoms with Gasteiger partial charge < -0.3 is 0 Å². The molecule has 2 heterocycles. The third-order valence-corrected chi connectivity index (χ3v) is 4.12. The molecule has 84 valence electrons. The first-order chi connectivity index (χ1) is 7.86. The van der Waals surface area contributed by atoms with Gasteiger partial charge in [0.15, 0.2) is 0 Å². The van der Waals surface area contributed by atoms with E-state index in [0.717, 1.165) is 4.60 Å². The summed E-state index contributed by atoms with van der Waals surface area (Å²) in [7, 11) is 0. The van der Waals surface area contributed by atoms with E-state index >= 15 is 0 Å². The lowest BCUT2D eigenvalue weighted by molar-refractivity contribution is 0.427. The topological polar surface area (TPSA) is 17.3 Å². The number of imidazole rings is 1. The quantitative estimate of drug-likeness (QED) is 0.717. The first kappa shape index (κ1) is 10.3. The van der Waals surface area contributed by atoms with Crippen LogP contribution in [0.25, 0.3) is 5.52 Å². The lowest BCUT2D eigenvalue weighted by Gasteiger charge is -2.20. The van der Waals surface area contributed by atoms with Crippen molar-refractivity contribution in [3.63, 3.8) is 0 Å². The van der Waals surface area contributed by atoms with Crippen LogP contribution in [-0.4, -0.2) is 9.38 Å². The average Bonchev–Trinajstić information content (AvgIpc) is 2.75. The minimum absolute atomic E-state index is 0.648. The van der Waals surface area contributed by atoms with Crippen molar-refractivity contribution in [1.82, 2.24) is 9.38 Å². The summed E-state index contributed by atoms with van der Waals surface area (Å²) in [4.78, 5) is 4.61. The van der Waals surface area contributed by atoms with E-state index in [1.54, 1.807) is 0 Å². The zero-order valence-corrected chi connectivity index (χ0v) is 10.8. The monoisotopic (exact) mass is 278 g/mol. The molecule has 0 unspecified atom stereocenters. The van der Waals surface area contributed by atoms with Gasteiger partial charge in [-0.15, -0.1) is 0 Å². The summed E-state index contributed by atoms with van der Waals surface area (Å²) >= 11 is 3.62. The molecule has 0 amide bonds. The van der Waals surface area contributed by atoms with Crippen molar-refractivity contribution >= 4 is 21.4 Å². The van der Waals surface area contributed by atoms with Gasteiger partial charge in [0.1, 0.15) is 5.82 Å². The SMILES string of the molecule is Brc1cccc2cnc(C3CCCCC3)n12.